The predicted octanol–water partition coefficient (Wildman–Crippen LogP) is 0.455. The lowest BCUT2D eigenvalue weighted by Gasteiger charge is -2.14. The van der Waals surface area contributed by atoms with Crippen LogP contribution < -0.4 is 26.6 Å². The van der Waals surface area contributed by atoms with Crippen LogP contribution in [0.5, 0.6) is 0 Å². The second-order valence-corrected chi connectivity index (χ2v) is 14.9. The highest BCUT2D eigenvalue weighted by molar-refractivity contribution is 5.84. The zero-order valence-electron chi connectivity index (χ0n) is 38.4. The van der Waals surface area contributed by atoms with Crippen molar-refractivity contribution in [2.75, 3.05) is 125 Å². The van der Waals surface area contributed by atoms with Gasteiger partial charge in [0.05, 0.1) is 79.3 Å². The monoisotopic (exact) mass is 938 g/mol. The Morgan fingerprint density at radius 2 is 0.708 bits per heavy atom. The van der Waals surface area contributed by atoms with Gasteiger partial charge < -0.3 is 75.1 Å². The molecule has 0 aliphatic carbocycles. The molecule has 0 aliphatic rings. The SMILES string of the molecule is O=C(O)CCCCCCCCCCCCCCC(=O)N[C@@H](CCC(=O)NCCOCCOCC(=O)NCCOCCOCC(=O)NCCOCCOCC(=O)NCCOCCO)C(=O)O. The fraction of sp³-hybridized carbons (Fsp3) is 0.837. The minimum absolute atomic E-state index is 0.0389. The summed E-state index contributed by atoms with van der Waals surface area (Å²) in [6.07, 6.45) is 12.6. The van der Waals surface area contributed by atoms with Crippen molar-refractivity contribution in [3.05, 3.63) is 0 Å². The number of hydrogen-bond donors (Lipinski definition) is 8. The molecule has 8 N–H and O–H groups in total. The van der Waals surface area contributed by atoms with Gasteiger partial charge in [-0.1, -0.05) is 64.2 Å². The molecular formula is C43H79N5O17. The van der Waals surface area contributed by atoms with Gasteiger partial charge in [-0.05, 0) is 19.3 Å². The van der Waals surface area contributed by atoms with Gasteiger partial charge in [0.25, 0.3) is 0 Å². The molecule has 0 aliphatic heterocycles. The fourth-order valence-corrected chi connectivity index (χ4v) is 5.74. The number of carboxylic acids is 2. The molecule has 0 heterocycles. The number of carboxylic acid groups (broad SMARTS) is 2. The number of unbranched alkanes of at least 4 members (excludes halogenated alkanes) is 11. The fourth-order valence-electron chi connectivity index (χ4n) is 5.74. The van der Waals surface area contributed by atoms with Crippen molar-refractivity contribution in [2.45, 2.75) is 109 Å². The maximum atomic E-state index is 12.3. The van der Waals surface area contributed by atoms with Gasteiger partial charge in [-0.2, -0.15) is 0 Å². The topological polar surface area (TPSA) is 305 Å². The Morgan fingerprint density at radius 1 is 0.369 bits per heavy atom. The molecule has 0 spiro atoms. The lowest BCUT2D eigenvalue weighted by Crippen LogP contribution is -2.41. The van der Waals surface area contributed by atoms with Crippen molar-refractivity contribution in [2.24, 2.45) is 0 Å². The third-order valence-corrected chi connectivity index (χ3v) is 9.16. The second-order valence-electron chi connectivity index (χ2n) is 14.9. The molecule has 65 heavy (non-hydrogen) atoms. The number of ether oxygens (including phenoxy) is 7. The quantitative estimate of drug-likeness (QED) is 0.0384. The molecule has 1 atom stereocenters. The number of aliphatic hydroxyl groups excluding tert-OH is 1. The van der Waals surface area contributed by atoms with Gasteiger partial charge in [0.2, 0.25) is 29.5 Å². The Balaban J connectivity index is 3.61. The van der Waals surface area contributed by atoms with E-state index in [0.717, 1.165) is 51.4 Å². The van der Waals surface area contributed by atoms with Crippen LogP contribution >= 0.6 is 0 Å². The van der Waals surface area contributed by atoms with E-state index in [2.05, 4.69) is 26.6 Å². The third-order valence-electron chi connectivity index (χ3n) is 9.16. The van der Waals surface area contributed by atoms with Gasteiger partial charge in [-0.3, -0.25) is 28.8 Å². The highest BCUT2D eigenvalue weighted by atomic mass is 16.5. The number of carbonyl (C=O) groups excluding carboxylic acids is 5. The summed E-state index contributed by atoms with van der Waals surface area (Å²) in [7, 11) is 0. The summed E-state index contributed by atoms with van der Waals surface area (Å²) in [5.41, 5.74) is 0. The number of nitrogens with one attached hydrogen (secondary N) is 5. The summed E-state index contributed by atoms with van der Waals surface area (Å²) in [6.45, 7) is 2.97. The lowest BCUT2D eigenvalue weighted by atomic mass is 10.0. The van der Waals surface area contributed by atoms with Crippen molar-refractivity contribution >= 4 is 41.5 Å². The van der Waals surface area contributed by atoms with E-state index in [4.69, 9.17) is 43.4 Å². The molecule has 22 heteroatoms. The van der Waals surface area contributed by atoms with Gasteiger partial charge in [0, 0.05) is 45.4 Å². The molecule has 378 valence electrons. The Kier molecular flexibility index (Phi) is 43.6. The van der Waals surface area contributed by atoms with Crippen molar-refractivity contribution in [3.8, 4) is 0 Å². The minimum Gasteiger partial charge on any atom is -0.481 e. The number of aliphatic carboxylic acids is 2. The van der Waals surface area contributed by atoms with Crippen LogP contribution in [0.1, 0.15) is 103 Å². The maximum Gasteiger partial charge on any atom is 0.326 e. The van der Waals surface area contributed by atoms with E-state index in [1.807, 2.05) is 0 Å². The van der Waals surface area contributed by atoms with Gasteiger partial charge in [-0.25, -0.2) is 4.79 Å². The smallest absolute Gasteiger partial charge is 0.326 e. The van der Waals surface area contributed by atoms with Crippen LogP contribution in [0, 0.1) is 0 Å². The Bertz CT molecular complexity index is 1250. The number of aliphatic hydroxyl groups is 1. The molecule has 0 saturated carbocycles. The first-order valence-electron chi connectivity index (χ1n) is 23.0. The van der Waals surface area contributed by atoms with E-state index in [9.17, 15) is 38.7 Å². The molecule has 0 aromatic rings. The third kappa shape index (κ3) is 46.3. The number of amides is 5. The summed E-state index contributed by atoms with van der Waals surface area (Å²) >= 11 is 0. The minimum atomic E-state index is -1.19. The van der Waals surface area contributed by atoms with Crippen molar-refractivity contribution in [1.29, 1.82) is 0 Å². The highest BCUT2D eigenvalue weighted by Gasteiger charge is 2.21. The molecule has 0 saturated heterocycles. The summed E-state index contributed by atoms with van der Waals surface area (Å²) in [4.78, 5) is 82.0. The molecule has 0 radical (unpaired) electrons. The van der Waals surface area contributed by atoms with Crippen LogP contribution in [-0.4, -0.2) is 188 Å². The van der Waals surface area contributed by atoms with E-state index >= 15 is 0 Å². The van der Waals surface area contributed by atoms with Gasteiger partial charge >= 0.3 is 11.9 Å². The number of rotatable bonds is 49. The van der Waals surface area contributed by atoms with Gasteiger partial charge in [0.1, 0.15) is 25.9 Å². The molecule has 0 aromatic carbocycles. The van der Waals surface area contributed by atoms with E-state index in [0.29, 0.717) is 19.6 Å². The molecule has 0 bridgehead atoms. The Morgan fingerprint density at radius 3 is 1.08 bits per heavy atom. The standard InChI is InChI=1S/C43H79N5O17/c49-21-26-59-22-18-45-39(52)33-64-31-28-61-24-20-47-41(54)35-65-32-29-62-25-19-46-40(53)34-63-30-27-60-23-17-44-37(50)16-15-36(43(57)58)48-38(51)13-11-9-7-5-3-1-2-4-6-8-10-12-14-42(55)56/h36,49H,1-35H2,(H,44,50)(H,45,52)(H,46,53)(H,47,54)(H,48,51)(H,55,56)(H,57,58)/t36-/m0/s1. The second kappa shape index (κ2) is 46.5. The molecule has 0 rings (SSSR count). The van der Waals surface area contributed by atoms with Crippen molar-refractivity contribution in [1.82, 2.24) is 26.6 Å². The summed E-state index contributed by atoms with van der Waals surface area (Å²) in [6, 6.07) is -1.15. The molecule has 0 unspecified atom stereocenters. The summed E-state index contributed by atoms with van der Waals surface area (Å²) in [5, 5.41) is 39.8. The van der Waals surface area contributed by atoms with Crippen LogP contribution in [0.25, 0.3) is 0 Å². The summed E-state index contributed by atoms with van der Waals surface area (Å²) in [5.74, 6) is -3.57. The van der Waals surface area contributed by atoms with Crippen LogP contribution in [0.3, 0.4) is 0 Å². The Labute approximate surface area is 383 Å². The van der Waals surface area contributed by atoms with E-state index in [-0.39, 0.29) is 167 Å². The maximum absolute atomic E-state index is 12.3. The average molecular weight is 938 g/mol. The Hall–Kier alpha value is -4.03. The van der Waals surface area contributed by atoms with Crippen LogP contribution in [0.4, 0.5) is 0 Å². The van der Waals surface area contributed by atoms with Crippen LogP contribution in [0.2, 0.25) is 0 Å². The first-order chi connectivity index (χ1) is 31.5. The molecule has 0 aromatic heterocycles. The largest absolute Gasteiger partial charge is 0.481 e. The number of hydrogen-bond acceptors (Lipinski definition) is 15. The van der Waals surface area contributed by atoms with E-state index in [1.54, 1.807) is 0 Å². The van der Waals surface area contributed by atoms with E-state index < -0.39 is 18.0 Å². The van der Waals surface area contributed by atoms with E-state index in [1.165, 1.54) is 19.3 Å². The summed E-state index contributed by atoms with van der Waals surface area (Å²) < 4.78 is 36.8. The normalized spacial score (nSPS) is 11.5. The molecular weight excluding hydrogens is 858 g/mol. The zero-order valence-corrected chi connectivity index (χ0v) is 38.4. The van der Waals surface area contributed by atoms with Crippen molar-refractivity contribution in [3.63, 3.8) is 0 Å². The molecule has 22 nitrogen and oxygen atoms in total. The molecule has 0 fully saturated rings. The highest BCUT2D eigenvalue weighted by Crippen LogP contribution is 2.13. The first-order valence-corrected chi connectivity index (χ1v) is 23.0. The van der Waals surface area contributed by atoms with Crippen LogP contribution in [0.15, 0.2) is 0 Å². The van der Waals surface area contributed by atoms with Gasteiger partial charge in [0.15, 0.2) is 0 Å². The zero-order chi connectivity index (χ0) is 47.9. The predicted molar refractivity (Wildman–Crippen MR) is 236 cm³/mol. The first kappa shape index (κ1) is 61.0. The average Bonchev–Trinajstić information content (AvgIpc) is 3.27. The lowest BCUT2D eigenvalue weighted by molar-refractivity contribution is -0.142. The van der Waals surface area contributed by atoms with Gasteiger partial charge in [-0.15, -0.1) is 0 Å². The molecule has 5 amide bonds. The van der Waals surface area contributed by atoms with Crippen molar-refractivity contribution < 1.29 is 82.0 Å². The number of carbonyl (C=O) groups is 7. The van der Waals surface area contributed by atoms with Crippen LogP contribution in [-0.2, 0) is 66.7 Å².